The van der Waals surface area contributed by atoms with Gasteiger partial charge in [0, 0.05) is 29.4 Å². The first kappa shape index (κ1) is 29.2. The summed E-state index contributed by atoms with van der Waals surface area (Å²) in [7, 11) is 0. The van der Waals surface area contributed by atoms with Crippen LogP contribution in [0.15, 0.2) is 51.2 Å². The van der Waals surface area contributed by atoms with E-state index in [2.05, 4.69) is 0 Å². The molecule has 2 heterocycles. The molecule has 1 aromatic carbocycles. The van der Waals surface area contributed by atoms with E-state index in [0.717, 1.165) is 6.07 Å². The highest BCUT2D eigenvalue weighted by molar-refractivity contribution is 6.04. The number of carbonyl (C=O) groups is 3. The quantitative estimate of drug-likeness (QED) is 0.188. The number of fused-ring (bicyclic) bond motifs is 2. The van der Waals surface area contributed by atoms with Gasteiger partial charge in [-0.05, 0) is 37.1 Å². The molecule has 4 aliphatic rings. The predicted octanol–water partition coefficient (Wildman–Crippen LogP) is 5.58. The summed E-state index contributed by atoms with van der Waals surface area (Å²) in [6, 6.07) is 1.51. The van der Waals surface area contributed by atoms with Crippen molar-refractivity contribution in [2.45, 2.75) is 40.5 Å². The van der Waals surface area contributed by atoms with Gasteiger partial charge in [0.15, 0.2) is 23.0 Å². The monoisotopic (exact) mass is 572 g/mol. The molecule has 0 bridgehead atoms. The molecule has 2 aliphatic carbocycles. The highest BCUT2D eigenvalue weighted by atomic mass is 19.1. The van der Waals surface area contributed by atoms with Gasteiger partial charge in [0.25, 0.3) is 17.2 Å². The molecule has 1 saturated heterocycles. The Morgan fingerprint density at radius 3 is 2.22 bits per heavy atom. The normalized spacial score (nSPS) is 18.7. The summed E-state index contributed by atoms with van der Waals surface area (Å²) in [5.74, 6) is -8.75. The third-order valence-electron chi connectivity index (χ3n) is 6.67. The first-order valence-electron chi connectivity index (χ1n) is 12.5. The van der Waals surface area contributed by atoms with E-state index in [1.165, 1.54) is 31.2 Å². The van der Waals surface area contributed by atoms with Gasteiger partial charge < -0.3 is 15.0 Å². The molecular formula is C29H24F4N2O6. The van der Waals surface area contributed by atoms with E-state index in [4.69, 9.17) is 15.0 Å². The van der Waals surface area contributed by atoms with Gasteiger partial charge in [-0.1, -0.05) is 38.2 Å². The highest BCUT2D eigenvalue weighted by Gasteiger charge is 2.39. The fourth-order valence-corrected chi connectivity index (χ4v) is 4.39. The van der Waals surface area contributed by atoms with Crippen LogP contribution in [0, 0.1) is 28.7 Å². The molecule has 0 saturated carbocycles. The number of allylic oxidation sites excluding steroid dienone is 4. The van der Waals surface area contributed by atoms with Crippen LogP contribution in [-0.2, 0) is 19.2 Å². The average molecular weight is 573 g/mol. The lowest BCUT2D eigenvalue weighted by Gasteiger charge is -2.22. The number of nitrogen functional groups attached to an aromatic ring is 1. The van der Waals surface area contributed by atoms with Crippen LogP contribution in [0.25, 0.3) is 27.9 Å². The van der Waals surface area contributed by atoms with Crippen LogP contribution in [-0.4, -0.2) is 22.8 Å². The van der Waals surface area contributed by atoms with Gasteiger partial charge in [-0.25, -0.2) is 18.0 Å². The summed E-state index contributed by atoms with van der Waals surface area (Å²) < 4.78 is 64.1. The van der Waals surface area contributed by atoms with E-state index in [0.29, 0.717) is 16.7 Å². The molecule has 0 radical (unpaired) electrons. The zero-order valence-corrected chi connectivity index (χ0v) is 22.4. The van der Waals surface area contributed by atoms with Crippen LogP contribution in [0.3, 0.4) is 0 Å². The number of hydroxylamine groups is 2. The van der Waals surface area contributed by atoms with Crippen LogP contribution >= 0.6 is 0 Å². The van der Waals surface area contributed by atoms with Crippen LogP contribution in [0.5, 0.6) is 0 Å². The van der Waals surface area contributed by atoms with Crippen molar-refractivity contribution in [1.29, 1.82) is 0 Å². The lowest BCUT2D eigenvalue weighted by atomic mass is 9.88. The van der Waals surface area contributed by atoms with Crippen molar-refractivity contribution in [2.75, 3.05) is 5.73 Å². The smallest absolute Gasteiger partial charge is 0.346 e. The van der Waals surface area contributed by atoms with E-state index in [1.54, 1.807) is 6.92 Å². The van der Waals surface area contributed by atoms with Gasteiger partial charge in [0.1, 0.15) is 16.9 Å². The van der Waals surface area contributed by atoms with E-state index < -0.39 is 68.9 Å². The number of benzene rings is 2. The van der Waals surface area contributed by atoms with Crippen molar-refractivity contribution in [3.05, 3.63) is 81.1 Å². The second-order valence-corrected chi connectivity index (χ2v) is 9.32. The minimum absolute atomic E-state index is 0.103. The molecular weight excluding hydrogens is 548 g/mol. The maximum atomic E-state index is 15.0. The Morgan fingerprint density at radius 2 is 1.59 bits per heavy atom. The summed E-state index contributed by atoms with van der Waals surface area (Å²) in [6.45, 7) is 6.98. The summed E-state index contributed by atoms with van der Waals surface area (Å²) >= 11 is 0. The fourth-order valence-electron chi connectivity index (χ4n) is 4.39. The summed E-state index contributed by atoms with van der Waals surface area (Å²) in [5.41, 5.74) is 0.802. The molecule has 8 nitrogen and oxygen atoms in total. The zero-order valence-electron chi connectivity index (χ0n) is 22.4. The second-order valence-electron chi connectivity index (χ2n) is 9.32. The average Bonchev–Trinajstić information content (AvgIpc) is 3.17. The number of nitrogens with two attached hydrogens (primary N) is 1. The number of carbonyl (C=O) groups excluding carboxylic acids is 3. The lowest BCUT2D eigenvalue weighted by Crippen LogP contribution is -2.37. The van der Waals surface area contributed by atoms with E-state index >= 15 is 4.39 Å². The van der Waals surface area contributed by atoms with Crippen molar-refractivity contribution >= 4 is 40.0 Å². The first-order valence-corrected chi connectivity index (χ1v) is 12.5. The van der Waals surface area contributed by atoms with E-state index in [9.17, 15) is 32.3 Å². The molecule has 1 fully saturated rings. The van der Waals surface area contributed by atoms with Gasteiger partial charge in [0.05, 0.1) is 0 Å². The Hall–Kier alpha value is -4.74. The van der Waals surface area contributed by atoms with Crippen molar-refractivity contribution in [3.8, 4) is 11.3 Å². The highest BCUT2D eigenvalue weighted by Crippen LogP contribution is 2.44. The maximum Gasteiger partial charge on any atom is 0.346 e. The van der Waals surface area contributed by atoms with Crippen LogP contribution in [0.1, 0.15) is 46.1 Å². The fraction of sp³-hybridized carbons (Fsp3) is 0.241. The SMILES string of the molecule is CC.CC1=C(c2c3cc(F)c(=O)c(F)c-3oc3c(F)c(N)c(F)cc23)C=CC(C)(C(=O)ON2C(=O)CCC2=O)C=C1. The number of halogens is 4. The van der Waals surface area contributed by atoms with Gasteiger partial charge in [0.2, 0.25) is 5.82 Å². The van der Waals surface area contributed by atoms with Gasteiger partial charge in [-0.15, -0.1) is 5.06 Å². The third-order valence-corrected chi connectivity index (χ3v) is 6.67. The van der Waals surface area contributed by atoms with Gasteiger partial charge in [-0.3, -0.25) is 14.4 Å². The number of nitrogens with zero attached hydrogens (tertiary/aromatic N) is 1. The molecule has 1 unspecified atom stereocenters. The molecule has 214 valence electrons. The Morgan fingerprint density at radius 1 is 0.976 bits per heavy atom. The van der Waals surface area contributed by atoms with Gasteiger partial charge >= 0.3 is 5.97 Å². The molecule has 0 spiro atoms. The minimum Gasteiger partial charge on any atom is -0.450 e. The maximum absolute atomic E-state index is 15.0. The molecule has 1 aromatic rings. The molecule has 41 heavy (non-hydrogen) atoms. The zero-order chi connectivity index (χ0) is 30.4. The largest absolute Gasteiger partial charge is 0.450 e. The molecule has 5 rings (SSSR count). The number of hydrogen-bond acceptors (Lipinski definition) is 7. The van der Waals surface area contributed by atoms with Gasteiger partial charge in [-0.2, -0.15) is 4.39 Å². The Bertz CT molecular complexity index is 1740. The number of hydrogen-bond donors (Lipinski definition) is 1. The Labute approximate surface area is 230 Å². The number of imide groups is 1. The third kappa shape index (κ3) is 4.79. The predicted molar refractivity (Wildman–Crippen MR) is 141 cm³/mol. The molecule has 2 N–H and O–H groups in total. The van der Waals surface area contributed by atoms with Crippen molar-refractivity contribution in [2.24, 2.45) is 5.41 Å². The van der Waals surface area contributed by atoms with Crippen LogP contribution in [0.2, 0.25) is 0 Å². The summed E-state index contributed by atoms with van der Waals surface area (Å²) in [6.07, 6.45) is 5.31. The molecule has 2 amide bonds. The summed E-state index contributed by atoms with van der Waals surface area (Å²) in [5, 5.41) is 0.138. The standard InChI is InChI=1S/C27H18F4N2O6.C2H6/c1-11-5-7-27(2,26(37)39-33-17(34)3-4-18(33)35)8-6-12(11)19-13-9-15(28)22(32)20(30)24(13)38-25-14(19)10-16(29)23(36)21(25)31;1-2/h5-10H,3-4,32H2,1-2H3;1-2H3. The molecule has 2 aliphatic heterocycles. The Balaban J connectivity index is 0.00000189. The number of amides is 2. The molecule has 1 atom stereocenters. The minimum atomic E-state index is -1.63. The number of anilines is 1. The van der Waals surface area contributed by atoms with E-state index in [-0.39, 0.29) is 34.9 Å². The van der Waals surface area contributed by atoms with Crippen molar-refractivity contribution in [1.82, 2.24) is 5.06 Å². The van der Waals surface area contributed by atoms with Crippen LogP contribution in [0.4, 0.5) is 23.2 Å². The van der Waals surface area contributed by atoms with Crippen molar-refractivity contribution in [3.63, 3.8) is 0 Å². The summed E-state index contributed by atoms with van der Waals surface area (Å²) in [4.78, 5) is 53.8. The lowest BCUT2D eigenvalue weighted by molar-refractivity contribution is -0.201. The number of rotatable bonds is 3. The second kappa shape index (κ2) is 10.7. The Kier molecular flexibility index (Phi) is 7.62. The topological polar surface area (TPSA) is 120 Å². The molecule has 0 aromatic heterocycles. The molecule has 12 heteroatoms. The van der Waals surface area contributed by atoms with E-state index in [1.807, 2.05) is 13.8 Å². The van der Waals surface area contributed by atoms with Crippen molar-refractivity contribution < 1.29 is 41.2 Å². The first-order chi connectivity index (χ1) is 19.3. The van der Waals surface area contributed by atoms with Crippen LogP contribution < -0.4 is 11.2 Å².